The van der Waals surface area contributed by atoms with Crippen LogP contribution < -0.4 is 5.32 Å². The Kier molecular flexibility index (Phi) is 4.55. The van der Waals surface area contributed by atoms with E-state index in [9.17, 15) is 4.79 Å². The van der Waals surface area contributed by atoms with Gasteiger partial charge in [0.1, 0.15) is 0 Å². The van der Waals surface area contributed by atoms with Crippen LogP contribution in [0.2, 0.25) is 0 Å². The summed E-state index contributed by atoms with van der Waals surface area (Å²) in [6.07, 6.45) is 0.454. The molecule has 0 aliphatic heterocycles. The van der Waals surface area contributed by atoms with Gasteiger partial charge in [-0.3, -0.25) is 4.79 Å². The normalized spacial score (nSPS) is 12.1. The van der Waals surface area contributed by atoms with Crippen LogP contribution in [0.25, 0.3) is 0 Å². The smallest absolute Gasteiger partial charge is 0.225 e. The summed E-state index contributed by atoms with van der Waals surface area (Å²) in [6, 6.07) is 12.0. The van der Waals surface area contributed by atoms with Gasteiger partial charge in [0, 0.05) is 9.35 Å². The Balaban J connectivity index is 1.95. The first-order valence-electron chi connectivity index (χ1n) is 5.72. The molecule has 0 unspecified atom stereocenters. The minimum Gasteiger partial charge on any atom is -0.349 e. The average Bonchev–Trinajstić information content (AvgIpc) is 2.81. The number of carbonyl (C=O) groups excluding carboxylic acids is 1. The number of carbonyl (C=O) groups is 1. The molecule has 1 N–H and O–H groups in total. The van der Waals surface area contributed by atoms with Crippen LogP contribution in [0.15, 0.2) is 46.3 Å². The summed E-state index contributed by atoms with van der Waals surface area (Å²) in [5.74, 6) is 0.0601. The first-order chi connectivity index (χ1) is 8.65. The van der Waals surface area contributed by atoms with Crippen LogP contribution in [0.4, 0.5) is 0 Å². The average molecular weight is 324 g/mol. The van der Waals surface area contributed by atoms with Gasteiger partial charge in [-0.15, -0.1) is 11.3 Å². The number of amides is 1. The number of benzene rings is 1. The van der Waals surface area contributed by atoms with Crippen molar-refractivity contribution in [1.29, 1.82) is 0 Å². The molecule has 94 valence electrons. The second-order valence-electron chi connectivity index (χ2n) is 4.10. The molecular formula is C14H14BrNOS. The number of rotatable bonds is 4. The van der Waals surface area contributed by atoms with Crippen molar-refractivity contribution in [3.63, 3.8) is 0 Å². The molecule has 1 aromatic carbocycles. The number of nitrogens with one attached hydrogen (secondary N) is 1. The number of halogens is 1. The van der Waals surface area contributed by atoms with Crippen molar-refractivity contribution in [2.75, 3.05) is 0 Å². The predicted octanol–water partition coefficient (Wildman–Crippen LogP) is 3.93. The molecule has 2 aromatic rings. The molecule has 0 bridgehead atoms. The molecule has 2 rings (SSSR count). The molecule has 1 atom stereocenters. The molecule has 4 heteroatoms. The maximum Gasteiger partial charge on any atom is 0.225 e. The number of hydrogen-bond donors (Lipinski definition) is 1. The van der Waals surface area contributed by atoms with E-state index < -0.39 is 0 Å². The second kappa shape index (κ2) is 6.16. The summed E-state index contributed by atoms with van der Waals surface area (Å²) in [5.41, 5.74) is 1.10. The van der Waals surface area contributed by atoms with Gasteiger partial charge in [0.15, 0.2) is 0 Å². The van der Waals surface area contributed by atoms with Crippen LogP contribution in [0.1, 0.15) is 23.4 Å². The lowest BCUT2D eigenvalue weighted by molar-refractivity contribution is -0.121. The van der Waals surface area contributed by atoms with Gasteiger partial charge in [-0.25, -0.2) is 0 Å². The summed E-state index contributed by atoms with van der Waals surface area (Å²) in [4.78, 5) is 13.0. The van der Waals surface area contributed by atoms with Crippen LogP contribution in [0, 0.1) is 0 Å². The lowest BCUT2D eigenvalue weighted by atomic mass is 10.1. The SMILES string of the molecule is C[C@@H](NC(=O)Cc1cccs1)c1cccc(Br)c1. The highest BCUT2D eigenvalue weighted by molar-refractivity contribution is 9.10. The van der Waals surface area contributed by atoms with Crippen molar-refractivity contribution >= 4 is 33.2 Å². The summed E-state index contributed by atoms with van der Waals surface area (Å²) in [7, 11) is 0. The largest absolute Gasteiger partial charge is 0.349 e. The summed E-state index contributed by atoms with van der Waals surface area (Å²) in [5, 5.41) is 5.00. The van der Waals surface area contributed by atoms with Crippen molar-refractivity contribution in [3.05, 3.63) is 56.7 Å². The predicted molar refractivity (Wildman–Crippen MR) is 78.7 cm³/mol. The van der Waals surface area contributed by atoms with E-state index in [1.807, 2.05) is 48.7 Å². The highest BCUT2D eigenvalue weighted by Gasteiger charge is 2.10. The van der Waals surface area contributed by atoms with E-state index in [1.54, 1.807) is 11.3 Å². The molecule has 0 spiro atoms. The van der Waals surface area contributed by atoms with Crippen LogP contribution in [-0.2, 0) is 11.2 Å². The molecule has 1 amide bonds. The third-order valence-corrected chi connectivity index (χ3v) is 4.01. The molecule has 0 saturated carbocycles. The van der Waals surface area contributed by atoms with Crippen molar-refractivity contribution < 1.29 is 4.79 Å². The minimum absolute atomic E-state index is 0.0231. The highest BCUT2D eigenvalue weighted by atomic mass is 79.9. The van der Waals surface area contributed by atoms with Crippen LogP contribution >= 0.6 is 27.3 Å². The molecule has 2 nitrogen and oxygen atoms in total. The Bertz CT molecular complexity index is 524. The van der Waals surface area contributed by atoms with Gasteiger partial charge in [-0.1, -0.05) is 34.1 Å². The fraction of sp³-hybridized carbons (Fsp3) is 0.214. The molecule has 0 radical (unpaired) electrons. The van der Waals surface area contributed by atoms with E-state index in [0.717, 1.165) is 14.9 Å². The van der Waals surface area contributed by atoms with Crippen LogP contribution in [0.5, 0.6) is 0 Å². The first kappa shape index (κ1) is 13.3. The van der Waals surface area contributed by atoms with Crippen molar-refractivity contribution in [1.82, 2.24) is 5.32 Å². The van der Waals surface area contributed by atoms with Crippen LogP contribution in [0.3, 0.4) is 0 Å². The van der Waals surface area contributed by atoms with Crippen molar-refractivity contribution in [3.8, 4) is 0 Å². The maximum absolute atomic E-state index is 11.9. The zero-order valence-corrected chi connectivity index (χ0v) is 12.4. The molecule has 0 aliphatic carbocycles. The molecular weight excluding hydrogens is 310 g/mol. The molecule has 0 aliphatic rings. The Labute approximate surface area is 119 Å². The van der Waals surface area contributed by atoms with Crippen molar-refractivity contribution in [2.24, 2.45) is 0 Å². The second-order valence-corrected chi connectivity index (χ2v) is 6.05. The van der Waals surface area contributed by atoms with Gasteiger partial charge >= 0.3 is 0 Å². The van der Waals surface area contributed by atoms with E-state index in [1.165, 1.54) is 0 Å². The zero-order valence-electron chi connectivity index (χ0n) is 10.0. The van der Waals surface area contributed by atoms with Gasteiger partial charge in [-0.2, -0.15) is 0 Å². The third kappa shape index (κ3) is 3.68. The maximum atomic E-state index is 11.9. The van der Waals surface area contributed by atoms with E-state index >= 15 is 0 Å². The summed E-state index contributed by atoms with van der Waals surface area (Å²) < 4.78 is 1.03. The topological polar surface area (TPSA) is 29.1 Å². The van der Waals surface area contributed by atoms with Gasteiger partial charge in [-0.05, 0) is 36.1 Å². The van der Waals surface area contributed by atoms with Gasteiger partial charge in [0.25, 0.3) is 0 Å². The monoisotopic (exact) mass is 323 g/mol. The molecule has 1 heterocycles. The van der Waals surface area contributed by atoms with E-state index in [4.69, 9.17) is 0 Å². The minimum atomic E-state index is 0.0231. The Morgan fingerprint density at radius 1 is 1.39 bits per heavy atom. The quantitative estimate of drug-likeness (QED) is 0.907. The first-order valence-corrected chi connectivity index (χ1v) is 7.39. The van der Waals surface area contributed by atoms with E-state index in [2.05, 4.69) is 21.2 Å². The standard InChI is InChI=1S/C14H14BrNOS/c1-10(11-4-2-5-12(15)8-11)16-14(17)9-13-6-3-7-18-13/h2-8,10H,9H2,1H3,(H,16,17)/t10-/m1/s1. The molecule has 1 aromatic heterocycles. The Hall–Kier alpha value is -1.13. The highest BCUT2D eigenvalue weighted by Crippen LogP contribution is 2.18. The number of hydrogen-bond acceptors (Lipinski definition) is 2. The van der Waals surface area contributed by atoms with Gasteiger partial charge in [0.2, 0.25) is 5.91 Å². The zero-order chi connectivity index (χ0) is 13.0. The molecule has 18 heavy (non-hydrogen) atoms. The Morgan fingerprint density at radius 3 is 2.89 bits per heavy atom. The van der Waals surface area contributed by atoms with Gasteiger partial charge in [0.05, 0.1) is 12.5 Å². The lowest BCUT2D eigenvalue weighted by Gasteiger charge is -2.14. The van der Waals surface area contributed by atoms with Crippen molar-refractivity contribution in [2.45, 2.75) is 19.4 Å². The Morgan fingerprint density at radius 2 is 2.22 bits per heavy atom. The van der Waals surface area contributed by atoms with E-state index in [-0.39, 0.29) is 11.9 Å². The van der Waals surface area contributed by atoms with Gasteiger partial charge < -0.3 is 5.32 Å². The number of thiophene rings is 1. The fourth-order valence-corrected chi connectivity index (χ4v) is 2.84. The lowest BCUT2D eigenvalue weighted by Crippen LogP contribution is -2.27. The summed E-state index contributed by atoms with van der Waals surface area (Å²) in [6.45, 7) is 1.99. The molecule has 0 fully saturated rings. The molecule has 0 saturated heterocycles. The fourth-order valence-electron chi connectivity index (χ4n) is 1.72. The van der Waals surface area contributed by atoms with E-state index in [0.29, 0.717) is 6.42 Å². The third-order valence-electron chi connectivity index (χ3n) is 2.64. The van der Waals surface area contributed by atoms with Crippen LogP contribution in [-0.4, -0.2) is 5.91 Å². The summed E-state index contributed by atoms with van der Waals surface area (Å²) >= 11 is 5.04.